The predicted molar refractivity (Wildman–Crippen MR) is 370 cm³/mol. The largest absolute Gasteiger partial charge is 0.466 e. The number of aliphatic hydroxyl groups excluding tert-OH is 2. The summed E-state index contributed by atoms with van der Waals surface area (Å²) in [5.41, 5.74) is 0. The first-order valence-electron chi connectivity index (χ1n) is 38.2. The van der Waals surface area contributed by atoms with Crippen LogP contribution in [-0.2, 0) is 14.3 Å². The second kappa shape index (κ2) is 73.5. The fraction of sp³-hybridized carbons (Fsp3) is 0.897. The van der Waals surface area contributed by atoms with Gasteiger partial charge >= 0.3 is 5.97 Å². The average molecular weight is 1180 g/mol. The summed E-state index contributed by atoms with van der Waals surface area (Å²) in [6.45, 7) is 4.97. The van der Waals surface area contributed by atoms with Crippen LogP contribution in [0.4, 0.5) is 0 Å². The van der Waals surface area contributed by atoms with Gasteiger partial charge in [0.2, 0.25) is 5.91 Å². The number of hydrogen-bond acceptors (Lipinski definition) is 5. The first-order valence-corrected chi connectivity index (χ1v) is 38.2. The van der Waals surface area contributed by atoms with Crippen molar-refractivity contribution in [3.8, 4) is 0 Å². The van der Waals surface area contributed by atoms with Crippen LogP contribution >= 0.6 is 0 Å². The zero-order chi connectivity index (χ0) is 60.6. The van der Waals surface area contributed by atoms with Gasteiger partial charge in [0.05, 0.1) is 25.4 Å². The van der Waals surface area contributed by atoms with Crippen LogP contribution in [0.15, 0.2) is 36.5 Å². The molecular formula is C78H149NO5. The van der Waals surface area contributed by atoms with Crippen LogP contribution in [0, 0.1) is 0 Å². The number of aliphatic hydroxyl groups is 2. The third kappa shape index (κ3) is 69.2. The second-order valence-electron chi connectivity index (χ2n) is 26.3. The van der Waals surface area contributed by atoms with Crippen molar-refractivity contribution in [1.82, 2.24) is 5.32 Å². The number of amides is 1. The molecule has 0 saturated carbocycles. The van der Waals surface area contributed by atoms with Crippen molar-refractivity contribution in [1.29, 1.82) is 0 Å². The molecule has 2 unspecified atom stereocenters. The summed E-state index contributed by atoms with van der Waals surface area (Å²) in [5.74, 6) is -0.0228. The van der Waals surface area contributed by atoms with E-state index in [0.29, 0.717) is 25.9 Å². The minimum absolute atomic E-state index is 0.00531. The van der Waals surface area contributed by atoms with Crippen LogP contribution in [0.5, 0.6) is 0 Å². The molecule has 0 aromatic heterocycles. The minimum atomic E-state index is -0.663. The molecular weight excluding hydrogens is 1030 g/mol. The maximum Gasteiger partial charge on any atom is 0.305 e. The highest BCUT2D eigenvalue weighted by molar-refractivity contribution is 5.76. The molecule has 0 saturated heterocycles. The Balaban J connectivity index is 3.36. The Morgan fingerprint density at radius 3 is 0.929 bits per heavy atom. The van der Waals surface area contributed by atoms with Crippen molar-refractivity contribution in [2.45, 2.75) is 437 Å². The molecule has 0 spiro atoms. The molecule has 0 rings (SSSR count). The third-order valence-corrected chi connectivity index (χ3v) is 17.9. The normalized spacial score (nSPS) is 12.7. The number of rotatable bonds is 72. The van der Waals surface area contributed by atoms with Crippen LogP contribution in [0.2, 0.25) is 0 Å². The standard InChI is InChI=1S/C78H149NO5/c1-3-5-7-9-11-13-15-17-19-21-36-39-42-46-50-54-58-62-66-70-76(81)75(74-80)79-77(82)71-67-63-59-55-51-47-43-40-37-34-32-30-28-26-24-22-23-25-27-29-31-33-35-38-41-45-49-53-57-61-65-69-73-84-78(83)72-68-64-60-56-52-48-44-20-18-16-14-12-10-8-6-4-2/h14,16,20,25,27,44,75-76,80-81H,3-13,15,17-19,21-24,26,28-43,45-74H2,1-2H3,(H,79,82)/b16-14-,27-25-,44-20-. The van der Waals surface area contributed by atoms with Crippen LogP contribution < -0.4 is 5.32 Å². The zero-order valence-corrected chi connectivity index (χ0v) is 56.9. The minimum Gasteiger partial charge on any atom is -0.466 e. The Morgan fingerprint density at radius 2 is 0.595 bits per heavy atom. The van der Waals surface area contributed by atoms with Gasteiger partial charge in [-0.3, -0.25) is 9.59 Å². The molecule has 6 nitrogen and oxygen atoms in total. The van der Waals surface area contributed by atoms with Gasteiger partial charge in [0, 0.05) is 12.8 Å². The van der Waals surface area contributed by atoms with Gasteiger partial charge in [0.15, 0.2) is 0 Å². The van der Waals surface area contributed by atoms with E-state index in [1.807, 2.05) is 0 Å². The highest BCUT2D eigenvalue weighted by Crippen LogP contribution is 2.19. The first-order chi connectivity index (χ1) is 41.5. The number of allylic oxidation sites excluding steroid dienone is 6. The van der Waals surface area contributed by atoms with Gasteiger partial charge in [0.25, 0.3) is 0 Å². The van der Waals surface area contributed by atoms with E-state index in [4.69, 9.17) is 4.74 Å². The second-order valence-corrected chi connectivity index (χ2v) is 26.3. The highest BCUT2D eigenvalue weighted by Gasteiger charge is 2.20. The summed E-state index contributed by atoms with van der Waals surface area (Å²) < 4.78 is 5.49. The van der Waals surface area contributed by atoms with Gasteiger partial charge in [-0.2, -0.15) is 0 Å². The van der Waals surface area contributed by atoms with E-state index < -0.39 is 12.1 Å². The number of hydrogen-bond donors (Lipinski definition) is 3. The van der Waals surface area contributed by atoms with E-state index in [9.17, 15) is 19.8 Å². The molecule has 0 aromatic carbocycles. The van der Waals surface area contributed by atoms with Crippen molar-refractivity contribution in [2.75, 3.05) is 13.2 Å². The van der Waals surface area contributed by atoms with Gasteiger partial charge in [-0.25, -0.2) is 0 Å². The monoisotopic (exact) mass is 1180 g/mol. The molecule has 496 valence electrons. The van der Waals surface area contributed by atoms with Crippen molar-refractivity contribution < 1.29 is 24.5 Å². The Bertz CT molecular complexity index is 1360. The summed E-state index contributed by atoms with van der Waals surface area (Å²) in [6, 6.07) is -0.540. The molecule has 1 amide bonds. The number of ether oxygens (including phenoxy) is 1. The van der Waals surface area contributed by atoms with Crippen LogP contribution in [0.25, 0.3) is 0 Å². The molecule has 0 aliphatic heterocycles. The molecule has 84 heavy (non-hydrogen) atoms. The van der Waals surface area contributed by atoms with Gasteiger partial charge < -0.3 is 20.3 Å². The lowest BCUT2D eigenvalue weighted by Crippen LogP contribution is -2.45. The smallest absolute Gasteiger partial charge is 0.305 e. The summed E-state index contributed by atoms with van der Waals surface area (Å²) in [6.07, 6.45) is 95.0. The van der Waals surface area contributed by atoms with Gasteiger partial charge in [-0.15, -0.1) is 0 Å². The van der Waals surface area contributed by atoms with Crippen molar-refractivity contribution in [3.05, 3.63) is 36.5 Å². The molecule has 0 aliphatic carbocycles. The van der Waals surface area contributed by atoms with Crippen molar-refractivity contribution in [2.24, 2.45) is 0 Å². The topological polar surface area (TPSA) is 95.9 Å². The summed E-state index contributed by atoms with van der Waals surface area (Å²) in [7, 11) is 0. The number of carbonyl (C=O) groups is 2. The fourth-order valence-electron chi connectivity index (χ4n) is 12.1. The Labute approximate surface area is 525 Å². The molecule has 0 bridgehead atoms. The lowest BCUT2D eigenvalue weighted by molar-refractivity contribution is -0.143. The van der Waals surface area contributed by atoms with Gasteiger partial charge in [-0.05, 0) is 83.5 Å². The molecule has 2 atom stereocenters. The highest BCUT2D eigenvalue weighted by atomic mass is 16.5. The molecule has 3 N–H and O–H groups in total. The number of nitrogens with one attached hydrogen (secondary N) is 1. The lowest BCUT2D eigenvalue weighted by Gasteiger charge is -2.22. The van der Waals surface area contributed by atoms with E-state index in [1.165, 1.54) is 340 Å². The molecule has 0 radical (unpaired) electrons. The maximum absolute atomic E-state index is 12.5. The Morgan fingerprint density at radius 1 is 0.333 bits per heavy atom. The molecule has 0 aromatic rings. The fourth-order valence-corrected chi connectivity index (χ4v) is 12.1. The average Bonchev–Trinajstić information content (AvgIpc) is 3.53. The van der Waals surface area contributed by atoms with Crippen molar-refractivity contribution >= 4 is 11.9 Å². The number of esters is 1. The molecule has 0 heterocycles. The van der Waals surface area contributed by atoms with E-state index in [2.05, 4.69) is 55.6 Å². The molecule has 0 aliphatic rings. The van der Waals surface area contributed by atoms with Crippen LogP contribution in [0.1, 0.15) is 425 Å². The third-order valence-electron chi connectivity index (χ3n) is 17.9. The van der Waals surface area contributed by atoms with Crippen LogP contribution in [-0.4, -0.2) is 47.4 Å². The lowest BCUT2D eigenvalue weighted by atomic mass is 10.0. The number of carbonyl (C=O) groups excluding carboxylic acids is 2. The van der Waals surface area contributed by atoms with E-state index >= 15 is 0 Å². The summed E-state index contributed by atoms with van der Waals surface area (Å²) in [5, 5.41) is 23.4. The summed E-state index contributed by atoms with van der Waals surface area (Å²) in [4.78, 5) is 24.6. The predicted octanol–water partition coefficient (Wildman–Crippen LogP) is 25.0. The van der Waals surface area contributed by atoms with Gasteiger partial charge in [0.1, 0.15) is 0 Å². The van der Waals surface area contributed by atoms with Crippen molar-refractivity contribution in [3.63, 3.8) is 0 Å². The SMILES string of the molecule is CCCCCC/C=C\C/C=C\CCCCCCCC(=O)OCCCCCCCCCCCCCC/C=C\CCCCCCCCCCCCCCCCCCC(=O)NC(CO)C(O)CCCCCCCCCCCCCCCCCCCCC. The first kappa shape index (κ1) is 82.1. The summed E-state index contributed by atoms with van der Waals surface area (Å²) >= 11 is 0. The van der Waals surface area contributed by atoms with E-state index in [0.717, 1.165) is 51.4 Å². The quantitative estimate of drug-likeness (QED) is 0.0320. The van der Waals surface area contributed by atoms with Gasteiger partial charge in [-0.1, -0.05) is 365 Å². The molecule has 0 fully saturated rings. The van der Waals surface area contributed by atoms with Crippen LogP contribution in [0.3, 0.4) is 0 Å². The maximum atomic E-state index is 12.5. The Kier molecular flexibility index (Phi) is 71.9. The molecule has 6 heteroatoms. The Hall–Kier alpha value is -1.92. The number of unbranched alkanes of at least 4 members (excludes halogenated alkanes) is 55. The van der Waals surface area contributed by atoms with E-state index in [1.54, 1.807) is 0 Å². The van der Waals surface area contributed by atoms with E-state index in [-0.39, 0.29) is 18.5 Å². The zero-order valence-electron chi connectivity index (χ0n) is 56.9.